The number of aryl methyl sites for hydroxylation is 3. The van der Waals surface area contributed by atoms with Gasteiger partial charge >= 0.3 is 0 Å². The van der Waals surface area contributed by atoms with E-state index >= 15 is 0 Å². The third kappa shape index (κ3) is 6.75. The first-order valence-corrected chi connectivity index (χ1v) is 11.0. The largest absolute Gasteiger partial charge is 0.299 e. The van der Waals surface area contributed by atoms with Gasteiger partial charge in [0.25, 0.3) is 0 Å². The van der Waals surface area contributed by atoms with Crippen LogP contribution in [-0.2, 0) is 24.1 Å². The van der Waals surface area contributed by atoms with Gasteiger partial charge in [0, 0.05) is 12.8 Å². The molecule has 0 saturated carbocycles. The van der Waals surface area contributed by atoms with E-state index in [1.807, 2.05) is 55.5 Å². The van der Waals surface area contributed by atoms with Crippen LogP contribution in [0.5, 0.6) is 0 Å². The average Bonchev–Trinajstić information content (AvgIpc) is 3.11. The molecule has 0 bridgehead atoms. The quantitative estimate of drug-likeness (QED) is 0.299. The van der Waals surface area contributed by atoms with Gasteiger partial charge in [0.1, 0.15) is 10.8 Å². The van der Waals surface area contributed by atoms with E-state index in [1.165, 1.54) is 16.9 Å². The summed E-state index contributed by atoms with van der Waals surface area (Å²) in [6.45, 7) is 1.86. The highest BCUT2D eigenvalue weighted by molar-refractivity contribution is 7.14. The standard InChI is InChI=1S/C25H27NO2S/c1-19-25(23(28)17-16-21-12-6-3-7-13-21)29-24(26-19)18-22(27)15-9-8-14-20-10-4-2-5-11-20/h2-7,10-13H,8-9,14-18H2,1H3. The zero-order valence-electron chi connectivity index (χ0n) is 16.9. The number of unbranched alkanes of at least 4 members (excludes halogenated alkanes) is 1. The first-order valence-electron chi connectivity index (χ1n) is 10.2. The van der Waals surface area contributed by atoms with Crippen LogP contribution >= 0.6 is 11.3 Å². The molecule has 0 unspecified atom stereocenters. The number of ketones is 2. The third-order valence-electron chi connectivity index (χ3n) is 4.94. The highest BCUT2D eigenvalue weighted by Crippen LogP contribution is 2.22. The molecule has 0 fully saturated rings. The fraction of sp³-hybridized carbons (Fsp3) is 0.320. The van der Waals surface area contributed by atoms with E-state index in [2.05, 4.69) is 17.1 Å². The lowest BCUT2D eigenvalue weighted by Crippen LogP contribution is -2.02. The molecule has 0 spiro atoms. The van der Waals surface area contributed by atoms with Crippen molar-refractivity contribution in [1.29, 1.82) is 0 Å². The maximum Gasteiger partial charge on any atom is 0.175 e. The zero-order chi connectivity index (χ0) is 20.5. The Hall–Kier alpha value is -2.59. The highest BCUT2D eigenvalue weighted by atomic mass is 32.1. The van der Waals surface area contributed by atoms with Gasteiger partial charge in [-0.1, -0.05) is 60.7 Å². The van der Waals surface area contributed by atoms with Crippen LogP contribution in [0.1, 0.15) is 57.2 Å². The summed E-state index contributed by atoms with van der Waals surface area (Å²) in [7, 11) is 0. The lowest BCUT2D eigenvalue weighted by atomic mass is 10.1. The number of hydrogen-bond donors (Lipinski definition) is 0. The smallest absolute Gasteiger partial charge is 0.175 e. The first kappa shape index (κ1) is 21.1. The summed E-state index contributed by atoms with van der Waals surface area (Å²) in [5.74, 6) is 0.320. The van der Waals surface area contributed by atoms with Gasteiger partial charge in [-0.25, -0.2) is 4.98 Å². The van der Waals surface area contributed by atoms with Crippen molar-refractivity contribution in [2.75, 3.05) is 0 Å². The summed E-state index contributed by atoms with van der Waals surface area (Å²) in [5.41, 5.74) is 3.23. The number of thiazole rings is 1. The molecule has 2 aromatic carbocycles. The molecule has 3 nitrogen and oxygen atoms in total. The molecule has 0 aliphatic rings. The second-order valence-electron chi connectivity index (χ2n) is 7.34. The molecule has 0 radical (unpaired) electrons. The molecule has 0 amide bonds. The van der Waals surface area contributed by atoms with Gasteiger partial charge in [0.2, 0.25) is 0 Å². The summed E-state index contributed by atoms with van der Waals surface area (Å²) in [5, 5.41) is 0.763. The number of nitrogens with zero attached hydrogens (tertiary/aromatic N) is 1. The molecule has 0 N–H and O–H groups in total. The predicted molar refractivity (Wildman–Crippen MR) is 119 cm³/mol. The third-order valence-corrected chi connectivity index (χ3v) is 6.14. The van der Waals surface area contributed by atoms with Crippen molar-refractivity contribution < 1.29 is 9.59 Å². The van der Waals surface area contributed by atoms with E-state index in [4.69, 9.17) is 0 Å². The minimum Gasteiger partial charge on any atom is -0.299 e. The van der Waals surface area contributed by atoms with Crippen molar-refractivity contribution in [3.8, 4) is 0 Å². The normalized spacial score (nSPS) is 10.8. The lowest BCUT2D eigenvalue weighted by Gasteiger charge is -2.01. The Morgan fingerprint density at radius 1 is 0.828 bits per heavy atom. The SMILES string of the molecule is Cc1nc(CC(=O)CCCCc2ccccc2)sc1C(=O)CCc1ccccc1. The van der Waals surface area contributed by atoms with Crippen molar-refractivity contribution >= 4 is 22.9 Å². The number of benzene rings is 2. The van der Waals surface area contributed by atoms with E-state index < -0.39 is 0 Å². The lowest BCUT2D eigenvalue weighted by molar-refractivity contribution is -0.118. The van der Waals surface area contributed by atoms with Gasteiger partial charge in [-0.05, 0) is 43.7 Å². The molecule has 150 valence electrons. The summed E-state index contributed by atoms with van der Waals surface area (Å²) < 4.78 is 0. The number of Topliss-reactive ketones (excluding diaryl/α,β-unsaturated/α-hetero) is 2. The van der Waals surface area contributed by atoms with Crippen LogP contribution < -0.4 is 0 Å². The number of carbonyl (C=O) groups excluding carboxylic acids is 2. The molecule has 0 atom stereocenters. The number of rotatable bonds is 11. The van der Waals surface area contributed by atoms with Gasteiger partial charge in [0.15, 0.2) is 5.78 Å². The molecule has 0 aliphatic heterocycles. The van der Waals surface area contributed by atoms with Crippen molar-refractivity contribution in [3.63, 3.8) is 0 Å². The second kappa shape index (κ2) is 10.8. The molecular formula is C25H27NO2S. The van der Waals surface area contributed by atoms with Crippen molar-refractivity contribution in [3.05, 3.63) is 87.4 Å². The van der Waals surface area contributed by atoms with Crippen molar-refractivity contribution in [2.24, 2.45) is 0 Å². The Balaban J connectivity index is 1.44. The molecule has 4 heteroatoms. The fourth-order valence-corrected chi connectivity index (χ4v) is 4.42. The molecule has 1 aromatic heterocycles. The monoisotopic (exact) mass is 405 g/mol. The summed E-state index contributed by atoms with van der Waals surface area (Å²) in [6.07, 6.45) is 5.01. The summed E-state index contributed by atoms with van der Waals surface area (Å²) >= 11 is 1.39. The van der Waals surface area contributed by atoms with Crippen LogP contribution in [-0.4, -0.2) is 16.6 Å². The van der Waals surface area contributed by atoms with Gasteiger partial charge in [-0.2, -0.15) is 0 Å². The Kier molecular flexibility index (Phi) is 7.88. The van der Waals surface area contributed by atoms with Gasteiger partial charge in [-0.3, -0.25) is 9.59 Å². The molecule has 1 heterocycles. The van der Waals surface area contributed by atoms with Crippen LogP contribution in [0.2, 0.25) is 0 Å². The molecule has 3 aromatic rings. The van der Waals surface area contributed by atoms with Crippen LogP contribution in [0, 0.1) is 6.92 Å². The van der Waals surface area contributed by atoms with Crippen molar-refractivity contribution in [2.45, 2.75) is 51.9 Å². The van der Waals surface area contributed by atoms with Gasteiger partial charge < -0.3 is 0 Å². The van der Waals surface area contributed by atoms with E-state index in [0.717, 1.165) is 41.9 Å². The fourth-order valence-electron chi connectivity index (χ4n) is 3.36. The summed E-state index contributed by atoms with van der Waals surface area (Å²) in [6, 6.07) is 20.4. The number of hydrogen-bond acceptors (Lipinski definition) is 4. The highest BCUT2D eigenvalue weighted by Gasteiger charge is 2.17. The molecule has 0 aliphatic carbocycles. The van der Waals surface area contributed by atoms with E-state index in [9.17, 15) is 9.59 Å². The summed E-state index contributed by atoms with van der Waals surface area (Å²) in [4.78, 5) is 30.1. The number of carbonyl (C=O) groups is 2. The minimum absolute atomic E-state index is 0.116. The Morgan fingerprint density at radius 3 is 2.10 bits per heavy atom. The number of aromatic nitrogens is 1. The van der Waals surface area contributed by atoms with Crippen LogP contribution in [0.4, 0.5) is 0 Å². The molecule has 29 heavy (non-hydrogen) atoms. The maximum absolute atomic E-state index is 12.6. The Labute approximate surface area is 176 Å². The maximum atomic E-state index is 12.6. The average molecular weight is 406 g/mol. The first-order chi connectivity index (χ1) is 14.1. The van der Waals surface area contributed by atoms with E-state index in [1.54, 1.807) is 0 Å². The Morgan fingerprint density at radius 2 is 1.45 bits per heavy atom. The topological polar surface area (TPSA) is 47.0 Å². The van der Waals surface area contributed by atoms with Gasteiger partial charge in [-0.15, -0.1) is 11.3 Å². The Bertz CT molecular complexity index is 932. The van der Waals surface area contributed by atoms with E-state index in [-0.39, 0.29) is 11.6 Å². The predicted octanol–water partition coefficient (Wildman–Crippen LogP) is 5.79. The van der Waals surface area contributed by atoms with Gasteiger partial charge in [0.05, 0.1) is 17.0 Å². The van der Waals surface area contributed by atoms with E-state index in [0.29, 0.717) is 24.1 Å². The second-order valence-corrected chi connectivity index (χ2v) is 8.42. The van der Waals surface area contributed by atoms with Crippen molar-refractivity contribution in [1.82, 2.24) is 4.98 Å². The molecule has 0 saturated heterocycles. The van der Waals surface area contributed by atoms with Crippen LogP contribution in [0.15, 0.2) is 60.7 Å². The molecular weight excluding hydrogens is 378 g/mol. The zero-order valence-corrected chi connectivity index (χ0v) is 17.7. The van der Waals surface area contributed by atoms with Crippen LogP contribution in [0.25, 0.3) is 0 Å². The minimum atomic E-state index is 0.116. The molecule has 3 rings (SSSR count). The van der Waals surface area contributed by atoms with Crippen LogP contribution in [0.3, 0.4) is 0 Å².